The second-order valence-electron chi connectivity index (χ2n) is 5.08. The molecule has 0 unspecified atom stereocenters. The van der Waals surface area contributed by atoms with Gasteiger partial charge in [0.2, 0.25) is 0 Å². The number of hydrogen-bond acceptors (Lipinski definition) is 6. The van der Waals surface area contributed by atoms with Gasteiger partial charge in [-0.25, -0.2) is 8.42 Å². The van der Waals surface area contributed by atoms with E-state index in [1.807, 2.05) is 17.5 Å². The van der Waals surface area contributed by atoms with Gasteiger partial charge in [0.25, 0.3) is 15.7 Å². The fourth-order valence-electron chi connectivity index (χ4n) is 2.14. The molecule has 0 aliphatic rings. The molecule has 11 heteroatoms. The zero-order chi connectivity index (χ0) is 18.2. The van der Waals surface area contributed by atoms with E-state index >= 15 is 0 Å². The van der Waals surface area contributed by atoms with E-state index in [1.54, 1.807) is 0 Å². The van der Waals surface area contributed by atoms with Crippen LogP contribution >= 0.6 is 22.9 Å². The minimum Gasteiger partial charge on any atom is -0.275 e. The molecule has 0 fully saturated rings. The summed E-state index contributed by atoms with van der Waals surface area (Å²) >= 11 is 7.51. The zero-order valence-electron chi connectivity index (χ0n) is 12.7. The van der Waals surface area contributed by atoms with Crippen LogP contribution in [0.3, 0.4) is 0 Å². The minimum absolute atomic E-state index is 0.0589. The van der Waals surface area contributed by atoms with Gasteiger partial charge in [0, 0.05) is 18.2 Å². The molecular formula is C14H11ClN4O4S2. The first-order chi connectivity index (χ1) is 11.8. The number of hydrogen-bond donors (Lipinski definition) is 2. The Balaban J connectivity index is 1.96. The molecule has 2 heterocycles. The Morgan fingerprint density at radius 3 is 2.76 bits per heavy atom. The Morgan fingerprint density at radius 2 is 2.12 bits per heavy atom. The van der Waals surface area contributed by atoms with Crippen molar-refractivity contribution in [1.29, 1.82) is 0 Å². The number of aryl methyl sites for hydroxylation is 1. The van der Waals surface area contributed by atoms with E-state index in [1.165, 1.54) is 30.4 Å². The number of nitro groups is 1. The van der Waals surface area contributed by atoms with Crippen molar-refractivity contribution in [1.82, 2.24) is 10.2 Å². The maximum Gasteiger partial charge on any atom is 0.271 e. The minimum atomic E-state index is -4.14. The average Bonchev–Trinajstić information content (AvgIpc) is 3.20. The van der Waals surface area contributed by atoms with E-state index < -0.39 is 14.9 Å². The SMILES string of the molecule is Cc1cc([N+](=O)[O-])cc(S(=O)(=O)Nc2cc(-c3cccs3)[nH]n2)c1Cl. The molecular weight excluding hydrogens is 388 g/mol. The van der Waals surface area contributed by atoms with Gasteiger partial charge in [0.1, 0.15) is 4.90 Å². The Labute approximate surface area is 151 Å². The van der Waals surface area contributed by atoms with E-state index in [0.29, 0.717) is 5.69 Å². The van der Waals surface area contributed by atoms with E-state index in [4.69, 9.17) is 11.6 Å². The number of nitrogens with zero attached hydrogens (tertiary/aromatic N) is 2. The van der Waals surface area contributed by atoms with Crippen LogP contribution in [0.25, 0.3) is 10.6 Å². The van der Waals surface area contributed by atoms with Gasteiger partial charge in [-0.05, 0) is 23.9 Å². The molecule has 130 valence electrons. The highest BCUT2D eigenvalue weighted by atomic mass is 35.5. The Hall–Kier alpha value is -2.43. The third-order valence-corrected chi connectivity index (χ3v) is 6.21. The van der Waals surface area contributed by atoms with Crippen LogP contribution < -0.4 is 4.72 Å². The van der Waals surface area contributed by atoms with Crippen molar-refractivity contribution in [3.05, 3.63) is 56.4 Å². The lowest BCUT2D eigenvalue weighted by Gasteiger charge is -2.09. The fourth-order valence-corrected chi connectivity index (χ4v) is 4.41. The molecule has 0 spiro atoms. The molecule has 2 N–H and O–H groups in total. The number of non-ortho nitro benzene ring substituents is 1. The molecule has 2 aromatic heterocycles. The number of aromatic nitrogens is 2. The fraction of sp³-hybridized carbons (Fsp3) is 0.0714. The summed E-state index contributed by atoms with van der Waals surface area (Å²) in [5.41, 5.74) is 0.579. The summed E-state index contributed by atoms with van der Waals surface area (Å²) in [4.78, 5) is 10.8. The molecule has 0 saturated carbocycles. The number of nitro benzene ring substituents is 1. The summed E-state index contributed by atoms with van der Waals surface area (Å²) < 4.78 is 27.4. The van der Waals surface area contributed by atoms with Crippen LogP contribution in [0.4, 0.5) is 11.5 Å². The molecule has 0 bridgehead atoms. The van der Waals surface area contributed by atoms with Gasteiger partial charge in [-0.15, -0.1) is 11.3 Å². The normalized spacial score (nSPS) is 11.4. The summed E-state index contributed by atoms with van der Waals surface area (Å²) in [5.74, 6) is 0.0589. The third-order valence-electron chi connectivity index (χ3n) is 3.31. The number of nitrogens with one attached hydrogen (secondary N) is 2. The van der Waals surface area contributed by atoms with Crippen LogP contribution in [-0.2, 0) is 10.0 Å². The maximum absolute atomic E-state index is 12.6. The van der Waals surface area contributed by atoms with Gasteiger partial charge < -0.3 is 0 Å². The molecule has 0 atom stereocenters. The predicted molar refractivity (Wildman–Crippen MR) is 95.6 cm³/mol. The first-order valence-electron chi connectivity index (χ1n) is 6.84. The van der Waals surface area contributed by atoms with Crippen molar-refractivity contribution < 1.29 is 13.3 Å². The quantitative estimate of drug-likeness (QED) is 0.500. The van der Waals surface area contributed by atoms with Crippen molar-refractivity contribution in [2.24, 2.45) is 0 Å². The van der Waals surface area contributed by atoms with Gasteiger partial charge in [-0.3, -0.25) is 19.9 Å². The molecule has 25 heavy (non-hydrogen) atoms. The zero-order valence-corrected chi connectivity index (χ0v) is 15.1. The molecule has 3 rings (SSSR count). The second kappa shape index (κ2) is 6.47. The largest absolute Gasteiger partial charge is 0.275 e. The summed E-state index contributed by atoms with van der Waals surface area (Å²) in [6.45, 7) is 1.50. The van der Waals surface area contributed by atoms with E-state index in [2.05, 4.69) is 14.9 Å². The highest BCUT2D eigenvalue weighted by molar-refractivity contribution is 7.92. The van der Waals surface area contributed by atoms with Crippen LogP contribution in [0, 0.1) is 17.0 Å². The van der Waals surface area contributed by atoms with Crippen molar-refractivity contribution in [2.75, 3.05) is 4.72 Å². The van der Waals surface area contributed by atoms with Crippen LogP contribution in [0.2, 0.25) is 5.02 Å². The number of H-pyrrole nitrogens is 1. The summed E-state index contributed by atoms with van der Waals surface area (Å²) in [6, 6.07) is 7.38. The van der Waals surface area contributed by atoms with Crippen LogP contribution in [-0.4, -0.2) is 23.5 Å². The number of benzene rings is 1. The monoisotopic (exact) mass is 398 g/mol. The Kier molecular flexibility index (Phi) is 4.50. The van der Waals surface area contributed by atoms with E-state index in [0.717, 1.165) is 10.9 Å². The molecule has 1 aromatic carbocycles. The van der Waals surface area contributed by atoms with Gasteiger partial charge in [-0.1, -0.05) is 17.7 Å². The topological polar surface area (TPSA) is 118 Å². The van der Waals surface area contributed by atoms with E-state index in [9.17, 15) is 18.5 Å². The second-order valence-corrected chi connectivity index (χ2v) is 8.06. The number of sulfonamides is 1. The highest BCUT2D eigenvalue weighted by Crippen LogP contribution is 2.31. The third kappa shape index (κ3) is 3.50. The van der Waals surface area contributed by atoms with Crippen LogP contribution in [0.1, 0.15) is 5.56 Å². The summed E-state index contributed by atoms with van der Waals surface area (Å²) in [5, 5.41) is 19.4. The maximum atomic E-state index is 12.6. The molecule has 3 aromatic rings. The number of thiophene rings is 1. The van der Waals surface area contributed by atoms with Gasteiger partial charge in [0.05, 0.1) is 20.5 Å². The van der Waals surface area contributed by atoms with Crippen molar-refractivity contribution in [3.8, 4) is 10.6 Å². The van der Waals surface area contributed by atoms with Gasteiger partial charge in [-0.2, -0.15) is 5.10 Å². The molecule has 0 aliphatic carbocycles. The van der Waals surface area contributed by atoms with Crippen LogP contribution in [0.15, 0.2) is 40.6 Å². The predicted octanol–water partition coefficient (Wildman–Crippen LogP) is 3.81. The Bertz CT molecular complexity index is 1040. The number of aromatic amines is 1. The van der Waals surface area contributed by atoms with Crippen molar-refractivity contribution in [2.45, 2.75) is 11.8 Å². The molecule has 0 saturated heterocycles. The molecule has 0 amide bonds. The highest BCUT2D eigenvalue weighted by Gasteiger charge is 2.24. The lowest BCUT2D eigenvalue weighted by Crippen LogP contribution is -2.14. The average molecular weight is 399 g/mol. The lowest BCUT2D eigenvalue weighted by molar-refractivity contribution is -0.385. The first kappa shape index (κ1) is 17.4. The number of halogens is 1. The molecule has 0 radical (unpaired) electrons. The lowest BCUT2D eigenvalue weighted by atomic mass is 10.2. The summed E-state index contributed by atoms with van der Waals surface area (Å²) in [6.07, 6.45) is 0. The Morgan fingerprint density at radius 1 is 1.36 bits per heavy atom. The van der Waals surface area contributed by atoms with Gasteiger partial charge >= 0.3 is 0 Å². The van der Waals surface area contributed by atoms with Crippen molar-refractivity contribution >= 4 is 44.5 Å². The first-order valence-corrected chi connectivity index (χ1v) is 9.58. The standard InChI is InChI=1S/C14H11ClN4O4S2/c1-8-5-9(19(20)21)6-12(14(8)15)25(22,23)18-13-7-10(16-17-13)11-3-2-4-24-11/h2-7H,1H3,(H2,16,17,18). The van der Waals surface area contributed by atoms with Crippen molar-refractivity contribution in [3.63, 3.8) is 0 Å². The number of anilines is 1. The smallest absolute Gasteiger partial charge is 0.271 e. The molecule has 8 nitrogen and oxygen atoms in total. The number of rotatable bonds is 5. The van der Waals surface area contributed by atoms with Crippen LogP contribution in [0.5, 0.6) is 0 Å². The summed E-state index contributed by atoms with van der Waals surface area (Å²) in [7, 11) is -4.14. The van der Waals surface area contributed by atoms with Gasteiger partial charge in [0.15, 0.2) is 5.82 Å². The van der Waals surface area contributed by atoms with E-state index in [-0.39, 0.29) is 27.0 Å². The molecule has 0 aliphatic heterocycles.